The molecule has 13 heavy (non-hydrogen) atoms. The Bertz CT molecular complexity index is 345. The Morgan fingerprint density at radius 3 is 3.08 bits per heavy atom. The Labute approximate surface area is 80.2 Å². The van der Waals surface area contributed by atoms with Gasteiger partial charge in [0.25, 0.3) is 5.91 Å². The molecular formula is C9H11NO2S. The second kappa shape index (κ2) is 3.12. The summed E-state index contributed by atoms with van der Waals surface area (Å²) in [6, 6.07) is 1.73. The maximum atomic E-state index is 10.9. The van der Waals surface area contributed by atoms with Crippen molar-refractivity contribution >= 4 is 17.2 Å². The van der Waals surface area contributed by atoms with E-state index in [1.807, 2.05) is 0 Å². The van der Waals surface area contributed by atoms with E-state index in [1.165, 1.54) is 11.3 Å². The summed E-state index contributed by atoms with van der Waals surface area (Å²) < 4.78 is 0. The molecule has 0 saturated carbocycles. The van der Waals surface area contributed by atoms with Crippen molar-refractivity contribution in [1.82, 2.24) is 0 Å². The number of hydrogen-bond donors (Lipinski definition) is 2. The molecule has 1 aliphatic rings. The van der Waals surface area contributed by atoms with Crippen molar-refractivity contribution in [3.05, 3.63) is 21.4 Å². The van der Waals surface area contributed by atoms with E-state index in [4.69, 9.17) is 5.73 Å². The van der Waals surface area contributed by atoms with Gasteiger partial charge in [-0.2, -0.15) is 0 Å². The molecule has 3 nitrogen and oxygen atoms in total. The number of thiophene rings is 1. The predicted octanol–water partition coefficient (Wildman–Crippen LogP) is 1.22. The maximum absolute atomic E-state index is 10.9. The number of hydrogen-bond acceptors (Lipinski definition) is 3. The van der Waals surface area contributed by atoms with Crippen LogP contribution in [0.15, 0.2) is 6.07 Å². The highest BCUT2D eigenvalue weighted by Gasteiger charge is 2.21. The SMILES string of the molecule is NC(=O)c1cc2c(s1)CCC[C@H]2O. The Morgan fingerprint density at radius 1 is 1.69 bits per heavy atom. The lowest BCUT2D eigenvalue weighted by Gasteiger charge is -2.16. The molecule has 1 heterocycles. The van der Waals surface area contributed by atoms with Gasteiger partial charge in [0.05, 0.1) is 11.0 Å². The number of aliphatic hydroxyl groups excluding tert-OH is 1. The fraction of sp³-hybridized carbons (Fsp3) is 0.444. The molecule has 1 amide bonds. The van der Waals surface area contributed by atoms with Gasteiger partial charge in [0.2, 0.25) is 0 Å². The zero-order chi connectivity index (χ0) is 9.42. The molecule has 4 heteroatoms. The zero-order valence-electron chi connectivity index (χ0n) is 7.12. The molecule has 0 bridgehead atoms. The van der Waals surface area contributed by atoms with Crippen molar-refractivity contribution in [3.8, 4) is 0 Å². The molecule has 1 aromatic rings. The first kappa shape index (κ1) is 8.72. The molecule has 0 aliphatic heterocycles. The van der Waals surface area contributed by atoms with E-state index in [9.17, 15) is 9.90 Å². The molecule has 1 aliphatic carbocycles. The number of primary amides is 1. The van der Waals surface area contributed by atoms with Crippen molar-refractivity contribution in [2.24, 2.45) is 5.73 Å². The minimum Gasteiger partial charge on any atom is -0.388 e. The summed E-state index contributed by atoms with van der Waals surface area (Å²) in [7, 11) is 0. The minimum atomic E-state index is -0.397. The van der Waals surface area contributed by atoms with Crippen molar-refractivity contribution in [1.29, 1.82) is 0 Å². The topological polar surface area (TPSA) is 63.3 Å². The quantitative estimate of drug-likeness (QED) is 0.711. The van der Waals surface area contributed by atoms with E-state index in [0.29, 0.717) is 4.88 Å². The molecule has 3 N–H and O–H groups in total. The van der Waals surface area contributed by atoms with E-state index < -0.39 is 12.0 Å². The third-order valence-corrected chi connectivity index (χ3v) is 3.55. The van der Waals surface area contributed by atoms with Gasteiger partial charge in [-0.3, -0.25) is 4.79 Å². The maximum Gasteiger partial charge on any atom is 0.258 e. The van der Waals surface area contributed by atoms with Crippen molar-refractivity contribution in [2.45, 2.75) is 25.4 Å². The number of amides is 1. The van der Waals surface area contributed by atoms with Gasteiger partial charge in [0.15, 0.2) is 0 Å². The summed E-state index contributed by atoms with van der Waals surface area (Å²) >= 11 is 1.41. The van der Waals surface area contributed by atoms with Crippen LogP contribution in [0, 0.1) is 0 Å². The number of carbonyl (C=O) groups excluding carboxylic acids is 1. The summed E-state index contributed by atoms with van der Waals surface area (Å²) in [4.78, 5) is 12.6. The van der Waals surface area contributed by atoms with Gasteiger partial charge in [-0.25, -0.2) is 0 Å². The van der Waals surface area contributed by atoms with E-state index in [-0.39, 0.29) is 0 Å². The van der Waals surface area contributed by atoms with Gasteiger partial charge >= 0.3 is 0 Å². The lowest BCUT2D eigenvalue weighted by molar-refractivity contribution is 0.100. The monoisotopic (exact) mass is 197 g/mol. The van der Waals surface area contributed by atoms with Crippen LogP contribution in [-0.2, 0) is 6.42 Å². The van der Waals surface area contributed by atoms with Crippen LogP contribution in [0.5, 0.6) is 0 Å². The van der Waals surface area contributed by atoms with Gasteiger partial charge in [-0.05, 0) is 30.9 Å². The van der Waals surface area contributed by atoms with E-state index in [1.54, 1.807) is 6.07 Å². The summed E-state index contributed by atoms with van der Waals surface area (Å²) in [5.41, 5.74) is 6.07. The molecule has 0 aromatic carbocycles. The largest absolute Gasteiger partial charge is 0.388 e. The fourth-order valence-corrected chi connectivity index (χ4v) is 2.76. The smallest absolute Gasteiger partial charge is 0.258 e. The van der Waals surface area contributed by atoms with Crippen LogP contribution < -0.4 is 5.73 Å². The Balaban J connectivity index is 2.42. The molecule has 2 rings (SSSR count). The summed E-state index contributed by atoms with van der Waals surface area (Å²) in [5.74, 6) is -0.397. The minimum absolute atomic E-state index is 0.395. The summed E-state index contributed by atoms with van der Waals surface area (Å²) in [6.07, 6.45) is 2.35. The first-order valence-electron chi connectivity index (χ1n) is 4.29. The van der Waals surface area contributed by atoms with Crippen LogP contribution >= 0.6 is 11.3 Å². The van der Waals surface area contributed by atoms with Gasteiger partial charge in [-0.1, -0.05) is 0 Å². The Morgan fingerprint density at radius 2 is 2.46 bits per heavy atom. The molecule has 0 radical (unpaired) electrons. The van der Waals surface area contributed by atoms with Gasteiger partial charge < -0.3 is 10.8 Å². The second-order valence-electron chi connectivity index (χ2n) is 3.26. The molecule has 0 unspecified atom stereocenters. The Hall–Kier alpha value is -0.870. The third kappa shape index (κ3) is 1.47. The van der Waals surface area contributed by atoms with Crippen LogP contribution in [0.4, 0.5) is 0 Å². The number of nitrogens with two attached hydrogens (primary N) is 1. The lowest BCUT2D eigenvalue weighted by atomic mass is 9.96. The van der Waals surface area contributed by atoms with E-state index in [0.717, 1.165) is 29.7 Å². The molecule has 1 aromatic heterocycles. The highest BCUT2D eigenvalue weighted by atomic mass is 32.1. The first-order valence-corrected chi connectivity index (χ1v) is 5.10. The van der Waals surface area contributed by atoms with Crippen LogP contribution in [0.25, 0.3) is 0 Å². The highest BCUT2D eigenvalue weighted by molar-refractivity contribution is 7.14. The van der Waals surface area contributed by atoms with Gasteiger partial charge in [0.1, 0.15) is 0 Å². The lowest BCUT2D eigenvalue weighted by Crippen LogP contribution is -2.08. The first-order chi connectivity index (χ1) is 6.18. The molecule has 0 fully saturated rings. The number of rotatable bonds is 1. The van der Waals surface area contributed by atoms with Gasteiger partial charge in [0, 0.05) is 4.88 Å². The third-order valence-electron chi connectivity index (χ3n) is 2.32. The highest BCUT2D eigenvalue weighted by Crippen LogP contribution is 2.35. The zero-order valence-corrected chi connectivity index (χ0v) is 7.93. The van der Waals surface area contributed by atoms with Crippen LogP contribution in [0.3, 0.4) is 0 Å². The summed E-state index contributed by atoms with van der Waals surface area (Å²) in [5, 5.41) is 9.61. The summed E-state index contributed by atoms with van der Waals surface area (Å²) in [6.45, 7) is 0. The number of aryl methyl sites for hydroxylation is 1. The molecule has 70 valence electrons. The second-order valence-corrected chi connectivity index (χ2v) is 4.40. The van der Waals surface area contributed by atoms with Crippen molar-refractivity contribution in [3.63, 3.8) is 0 Å². The molecular weight excluding hydrogens is 186 g/mol. The standard InChI is InChI=1S/C9H11NO2S/c10-9(12)8-4-5-6(11)2-1-3-7(5)13-8/h4,6,11H,1-3H2,(H2,10,12)/t6-/m1/s1. The van der Waals surface area contributed by atoms with Crippen LogP contribution in [-0.4, -0.2) is 11.0 Å². The van der Waals surface area contributed by atoms with Crippen molar-refractivity contribution < 1.29 is 9.90 Å². The van der Waals surface area contributed by atoms with E-state index >= 15 is 0 Å². The van der Waals surface area contributed by atoms with Gasteiger partial charge in [-0.15, -0.1) is 11.3 Å². The van der Waals surface area contributed by atoms with Crippen LogP contribution in [0.2, 0.25) is 0 Å². The molecule has 0 spiro atoms. The number of aliphatic hydroxyl groups is 1. The average molecular weight is 197 g/mol. The van der Waals surface area contributed by atoms with Crippen molar-refractivity contribution in [2.75, 3.05) is 0 Å². The predicted molar refractivity (Wildman–Crippen MR) is 50.7 cm³/mol. The average Bonchev–Trinajstić information content (AvgIpc) is 2.49. The molecule has 1 atom stereocenters. The number of fused-ring (bicyclic) bond motifs is 1. The fourth-order valence-electron chi connectivity index (χ4n) is 1.65. The van der Waals surface area contributed by atoms with Crippen LogP contribution in [0.1, 0.15) is 39.1 Å². The normalized spacial score (nSPS) is 21.2. The number of carbonyl (C=O) groups is 1. The molecule has 0 saturated heterocycles. The van der Waals surface area contributed by atoms with E-state index in [2.05, 4.69) is 0 Å². The Kier molecular flexibility index (Phi) is 2.09.